The minimum atomic E-state index is 0.611. The van der Waals surface area contributed by atoms with Crippen molar-refractivity contribution in [3.8, 4) is 78.8 Å². The van der Waals surface area contributed by atoms with Crippen molar-refractivity contribution < 1.29 is 4.68 Å². The predicted molar refractivity (Wildman–Crippen MR) is 281 cm³/mol. The first kappa shape index (κ1) is 39.5. The molecule has 6 heteroatoms. The molecular formula is C62H40N5S+. The van der Waals surface area contributed by atoms with E-state index in [0.29, 0.717) is 11.6 Å². The van der Waals surface area contributed by atoms with E-state index in [1.165, 1.54) is 42.0 Å². The van der Waals surface area contributed by atoms with Crippen molar-refractivity contribution in [1.82, 2.24) is 19.6 Å². The van der Waals surface area contributed by atoms with Crippen LogP contribution in [0.1, 0.15) is 0 Å². The van der Waals surface area contributed by atoms with Gasteiger partial charge in [0.2, 0.25) is 5.82 Å². The Bertz CT molecular complexity index is 3880. The fourth-order valence-electron chi connectivity index (χ4n) is 9.67. The molecule has 68 heavy (non-hydrogen) atoms. The highest BCUT2D eigenvalue weighted by Crippen LogP contribution is 2.45. The van der Waals surface area contributed by atoms with E-state index in [4.69, 9.17) is 15.1 Å². The van der Waals surface area contributed by atoms with Gasteiger partial charge in [0, 0.05) is 58.9 Å². The number of thiophene rings is 1. The van der Waals surface area contributed by atoms with Gasteiger partial charge in [-0.05, 0) is 87.9 Å². The quantitative estimate of drug-likeness (QED) is 0.143. The monoisotopic (exact) mass is 886 g/mol. The summed E-state index contributed by atoms with van der Waals surface area (Å²) in [5, 5.41) is 10.2. The highest BCUT2D eigenvalue weighted by Gasteiger charge is 2.27. The number of benzene rings is 9. The summed E-state index contributed by atoms with van der Waals surface area (Å²) in [5.41, 5.74) is 14.7. The molecule has 0 fully saturated rings. The molecule has 13 aromatic rings. The lowest BCUT2D eigenvalue weighted by Gasteiger charge is -2.11. The van der Waals surface area contributed by atoms with Crippen molar-refractivity contribution in [1.29, 1.82) is 0 Å². The summed E-state index contributed by atoms with van der Waals surface area (Å²) in [4.78, 5) is 10.8. The summed E-state index contributed by atoms with van der Waals surface area (Å²) >= 11 is 1.84. The molecule has 0 bridgehead atoms. The van der Waals surface area contributed by atoms with Gasteiger partial charge in [-0.25, -0.2) is 4.98 Å². The van der Waals surface area contributed by atoms with E-state index in [-0.39, 0.29) is 0 Å². The van der Waals surface area contributed by atoms with Crippen molar-refractivity contribution >= 4 is 53.3 Å². The molecule has 0 atom stereocenters. The number of para-hydroxylation sites is 2. The molecular weight excluding hydrogens is 847 g/mol. The van der Waals surface area contributed by atoms with Gasteiger partial charge in [-0.15, -0.1) is 11.3 Å². The van der Waals surface area contributed by atoms with Gasteiger partial charge in [-0.1, -0.05) is 186 Å². The Hall–Kier alpha value is -8.84. The first-order valence-corrected chi connectivity index (χ1v) is 23.7. The molecule has 4 aromatic heterocycles. The van der Waals surface area contributed by atoms with Crippen molar-refractivity contribution in [2.24, 2.45) is 0 Å². The molecule has 0 aliphatic heterocycles. The Morgan fingerprint density at radius 2 is 0.956 bits per heavy atom. The normalized spacial score (nSPS) is 11.5. The minimum absolute atomic E-state index is 0.611. The molecule has 9 aromatic carbocycles. The van der Waals surface area contributed by atoms with Crippen LogP contribution in [0.5, 0.6) is 0 Å². The molecule has 4 heterocycles. The molecule has 0 saturated heterocycles. The largest absolute Gasteiger partial charge is 0.356 e. The van der Waals surface area contributed by atoms with Crippen LogP contribution in [0, 0.1) is 0 Å². The minimum Gasteiger partial charge on any atom is -0.309 e. The SMILES string of the molecule is c1ccc(-c2cc(-c3ccccc3)cc(-c3ccc(-c4cccc5c4sc4cc6c7ccccc7n(-c7ccccc7)c6cc45)c(-[n+]4cc(-c5ccccc5)nc(-c5ccccc5)n4)n3)c2)cc1. The first-order chi connectivity index (χ1) is 33.7. The third-order valence-corrected chi connectivity index (χ3v) is 14.1. The second-order valence-corrected chi connectivity index (χ2v) is 18.1. The first-order valence-electron chi connectivity index (χ1n) is 22.8. The Labute approximate surface area is 397 Å². The summed E-state index contributed by atoms with van der Waals surface area (Å²) in [6, 6.07) is 83.8. The molecule has 0 aliphatic carbocycles. The standard InChI is InChI=1S/C62H40N5S/c1-6-19-41(20-7-1)45-35-46(42-21-8-2-9-22-42)37-47(36-45)55-34-33-52(62(64-55)66-40-56(43-23-10-3-11-24-43)63-61(65-66)44-25-12-4-13-26-44)50-30-18-31-51-54-38-58-53(39-59(54)68-60(50)51)49-29-16-17-32-57(49)67(58)48-27-14-5-15-28-48/h1-40H/q+1. The average Bonchev–Trinajstić information content (AvgIpc) is 3.96. The molecule has 5 nitrogen and oxygen atoms in total. The smallest absolute Gasteiger partial charge is 0.309 e. The van der Waals surface area contributed by atoms with Crippen LogP contribution in [0.3, 0.4) is 0 Å². The molecule has 0 spiro atoms. The molecule has 318 valence electrons. The number of hydrogen-bond acceptors (Lipinski definition) is 4. The van der Waals surface area contributed by atoms with E-state index < -0.39 is 0 Å². The van der Waals surface area contributed by atoms with Crippen molar-refractivity contribution in [3.63, 3.8) is 0 Å². The fourth-order valence-corrected chi connectivity index (χ4v) is 10.9. The van der Waals surface area contributed by atoms with Gasteiger partial charge in [0.1, 0.15) is 11.9 Å². The van der Waals surface area contributed by atoms with Crippen LogP contribution in [0.15, 0.2) is 243 Å². The van der Waals surface area contributed by atoms with Gasteiger partial charge in [0.05, 0.1) is 16.6 Å². The molecule has 0 N–H and O–H groups in total. The maximum atomic E-state index is 5.68. The third kappa shape index (κ3) is 6.94. The molecule has 0 unspecified atom stereocenters. The topological polar surface area (TPSA) is 47.5 Å². The number of rotatable bonds is 8. The zero-order valence-corrected chi connectivity index (χ0v) is 37.6. The highest BCUT2D eigenvalue weighted by molar-refractivity contribution is 7.26. The zero-order valence-electron chi connectivity index (χ0n) is 36.7. The Morgan fingerprint density at radius 3 is 1.65 bits per heavy atom. The predicted octanol–water partition coefficient (Wildman–Crippen LogP) is 15.6. The lowest BCUT2D eigenvalue weighted by molar-refractivity contribution is -0.661. The number of fused-ring (bicyclic) bond motifs is 6. The molecule has 13 rings (SSSR count). The van der Waals surface area contributed by atoms with E-state index in [9.17, 15) is 0 Å². The van der Waals surface area contributed by atoms with E-state index in [0.717, 1.165) is 67.1 Å². The summed E-state index contributed by atoms with van der Waals surface area (Å²) in [5.74, 6) is 1.32. The van der Waals surface area contributed by atoms with E-state index >= 15 is 0 Å². The highest BCUT2D eigenvalue weighted by atomic mass is 32.1. The van der Waals surface area contributed by atoms with E-state index in [1.807, 2.05) is 58.6 Å². The van der Waals surface area contributed by atoms with Crippen LogP contribution in [-0.2, 0) is 0 Å². The maximum absolute atomic E-state index is 5.68. The summed E-state index contributed by atoms with van der Waals surface area (Å²) in [6.07, 6.45) is 2.03. The van der Waals surface area contributed by atoms with Crippen LogP contribution in [-0.4, -0.2) is 19.6 Å². The second-order valence-electron chi connectivity index (χ2n) is 17.1. The van der Waals surface area contributed by atoms with Gasteiger partial charge in [-0.2, -0.15) is 0 Å². The summed E-state index contributed by atoms with van der Waals surface area (Å²) in [6.45, 7) is 0. The Balaban J connectivity index is 1.07. The third-order valence-electron chi connectivity index (χ3n) is 12.9. The molecule has 0 saturated carbocycles. The van der Waals surface area contributed by atoms with E-state index in [1.54, 1.807) is 0 Å². The lowest BCUT2D eigenvalue weighted by atomic mass is 9.94. The van der Waals surface area contributed by atoms with Crippen molar-refractivity contribution in [3.05, 3.63) is 243 Å². The van der Waals surface area contributed by atoms with Crippen molar-refractivity contribution in [2.75, 3.05) is 0 Å². The average molecular weight is 887 g/mol. The lowest BCUT2D eigenvalue weighted by Crippen LogP contribution is -2.38. The number of hydrogen-bond donors (Lipinski definition) is 0. The molecule has 0 aliphatic rings. The number of nitrogens with zero attached hydrogens (tertiary/aromatic N) is 5. The zero-order chi connectivity index (χ0) is 45.0. The van der Waals surface area contributed by atoms with Crippen LogP contribution >= 0.6 is 11.3 Å². The van der Waals surface area contributed by atoms with E-state index in [2.05, 4.69) is 205 Å². The number of pyridine rings is 1. The Kier molecular flexibility index (Phi) is 9.62. The maximum Gasteiger partial charge on any atom is 0.356 e. The van der Waals surface area contributed by atoms with Gasteiger partial charge in [-0.3, -0.25) is 0 Å². The Morgan fingerprint density at radius 1 is 0.368 bits per heavy atom. The molecule has 0 radical (unpaired) electrons. The van der Waals surface area contributed by atoms with Gasteiger partial charge in [0.25, 0.3) is 0 Å². The number of aromatic nitrogens is 5. The van der Waals surface area contributed by atoms with Gasteiger partial charge in [0.15, 0.2) is 5.69 Å². The second kappa shape index (κ2) is 16.5. The van der Waals surface area contributed by atoms with Gasteiger partial charge < -0.3 is 4.57 Å². The van der Waals surface area contributed by atoms with Gasteiger partial charge >= 0.3 is 5.82 Å². The summed E-state index contributed by atoms with van der Waals surface area (Å²) < 4.78 is 6.78. The van der Waals surface area contributed by atoms with Crippen molar-refractivity contribution in [2.45, 2.75) is 0 Å². The van der Waals surface area contributed by atoms with Crippen LogP contribution in [0.2, 0.25) is 0 Å². The molecule has 0 amide bonds. The fraction of sp³-hybridized carbons (Fsp3) is 0. The summed E-state index contributed by atoms with van der Waals surface area (Å²) in [7, 11) is 0. The van der Waals surface area contributed by atoms with Crippen LogP contribution in [0.25, 0.3) is 121 Å². The van der Waals surface area contributed by atoms with Crippen LogP contribution < -0.4 is 4.68 Å². The van der Waals surface area contributed by atoms with Crippen LogP contribution in [0.4, 0.5) is 0 Å².